The average Bonchev–Trinajstić information content (AvgIpc) is 3.38. The quantitative estimate of drug-likeness (QED) is 0.375. The molecule has 2 N–H and O–H groups in total. The summed E-state index contributed by atoms with van der Waals surface area (Å²) in [5.41, 5.74) is 7.47. The van der Waals surface area contributed by atoms with Crippen molar-refractivity contribution in [3.05, 3.63) is 95.2 Å². The molecule has 6 nitrogen and oxygen atoms in total. The van der Waals surface area contributed by atoms with Crippen molar-refractivity contribution in [2.24, 2.45) is 0 Å². The maximum Gasteiger partial charge on any atom is 0.256 e. The van der Waals surface area contributed by atoms with E-state index in [-0.39, 0.29) is 11.7 Å². The second-order valence-corrected chi connectivity index (χ2v) is 8.14. The van der Waals surface area contributed by atoms with Gasteiger partial charge >= 0.3 is 0 Å². The van der Waals surface area contributed by atoms with Crippen LogP contribution in [0.15, 0.2) is 67.0 Å². The Bertz CT molecular complexity index is 1510. The molecule has 2 aromatic heterocycles. The van der Waals surface area contributed by atoms with Crippen LogP contribution in [0.2, 0.25) is 0 Å². The number of nitrogens with zero attached hydrogens (tertiary/aromatic N) is 3. The first kappa shape index (κ1) is 20.6. The van der Waals surface area contributed by atoms with Crippen LogP contribution in [0, 0.1) is 26.6 Å². The number of hydrogen-bond acceptors (Lipinski definition) is 3. The van der Waals surface area contributed by atoms with E-state index in [0.29, 0.717) is 28.0 Å². The van der Waals surface area contributed by atoms with Crippen LogP contribution in [-0.4, -0.2) is 25.7 Å². The van der Waals surface area contributed by atoms with Crippen molar-refractivity contribution < 1.29 is 9.18 Å². The number of carbonyl (C=O) groups excluding carboxylic acids is 1. The van der Waals surface area contributed by atoms with Crippen LogP contribution in [-0.2, 0) is 0 Å². The fraction of sp³-hybridized carbons (Fsp3) is 0.115. The first-order chi connectivity index (χ1) is 15.9. The molecular weight excluding hydrogens is 417 g/mol. The first-order valence-corrected chi connectivity index (χ1v) is 10.6. The Kier molecular flexibility index (Phi) is 5.01. The Hall–Kier alpha value is -4.26. The largest absolute Gasteiger partial charge is 0.305 e. The third kappa shape index (κ3) is 3.78. The molecule has 0 radical (unpaired) electrons. The number of imidazole rings is 1. The predicted octanol–water partition coefficient (Wildman–Crippen LogP) is 5.73. The number of hydrogen-bond donors (Lipinski definition) is 2. The van der Waals surface area contributed by atoms with Gasteiger partial charge in [0.2, 0.25) is 0 Å². The van der Waals surface area contributed by atoms with Gasteiger partial charge < -0.3 is 5.32 Å². The Labute approximate surface area is 190 Å². The number of benzene rings is 3. The second-order valence-electron chi connectivity index (χ2n) is 8.14. The fourth-order valence-electron chi connectivity index (χ4n) is 4.02. The minimum absolute atomic E-state index is 0.317. The van der Waals surface area contributed by atoms with Gasteiger partial charge in [-0.3, -0.25) is 14.5 Å². The summed E-state index contributed by atoms with van der Waals surface area (Å²) in [4.78, 5) is 17.5. The molecule has 0 fully saturated rings. The number of aromatic nitrogens is 4. The lowest BCUT2D eigenvalue weighted by Gasteiger charge is -2.10. The molecule has 0 aliphatic rings. The highest BCUT2D eigenvalue weighted by Gasteiger charge is 2.17. The molecule has 0 atom stereocenters. The van der Waals surface area contributed by atoms with Gasteiger partial charge in [-0.15, -0.1) is 0 Å². The number of aryl methyl sites for hydroxylation is 3. The van der Waals surface area contributed by atoms with Gasteiger partial charge in [0.05, 0.1) is 16.7 Å². The second kappa shape index (κ2) is 8.02. The highest BCUT2D eigenvalue weighted by Crippen LogP contribution is 2.30. The molecule has 164 valence electrons. The summed E-state index contributed by atoms with van der Waals surface area (Å²) in [5, 5.41) is 9.93. The third-order valence-corrected chi connectivity index (χ3v) is 5.73. The van der Waals surface area contributed by atoms with Gasteiger partial charge in [0.15, 0.2) is 5.82 Å². The number of fused-ring (bicyclic) bond motifs is 1. The molecule has 0 aliphatic carbocycles. The highest BCUT2D eigenvalue weighted by molar-refractivity contribution is 6.07. The van der Waals surface area contributed by atoms with E-state index in [2.05, 4.69) is 52.5 Å². The summed E-state index contributed by atoms with van der Waals surface area (Å²) >= 11 is 0. The van der Waals surface area contributed by atoms with Gasteiger partial charge in [-0.05, 0) is 73.9 Å². The molecule has 0 bridgehead atoms. The molecule has 0 aliphatic heterocycles. The number of amides is 1. The summed E-state index contributed by atoms with van der Waals surface area (Å²) < 4.78 is 15.8. The SMILES string of the molecule is Cc1ccc(C)c(-n2cnc3cc(C(=O)Nc4n[nH]c(C)c4-c4cccc(F)c4)ccc32)c1. The van der Waals surface area contributed by atoms with Gasteiger partial charge in [-0.2, -0.15) is 5.10 Å². The summed E-state index contributed by atoms with van der Waals surface area (Å²) in [6.45, 7) is 5.94. The van der Waals surface area contributed by atoms with Crippen LogP contribution in [0.5, 0.6) is 0 Å². The van der Waals surface area contributed by atoms with Crippen LogP contribution in [0.25, 0.3) is 27.8 Å². The maximum atomic E-state index is 13.7. The molecule has 7 heteroatoms. The lowest BCUT2D eigenvalue weighted by Crippen LogP contribution is -2.13. The summed E-state index contributed by atoms with van der Waals surface area (Å²) in [5.74, 6) is -0.318. The lowest BCUT2D eigenvalue weighted by molar-refractivity contribution is 0.102. The van der Waals surface area contributed by atoms with Crippen molar-refractivity contribution in [3.63, 3.8) is 0 Å². The van der Waals surface area contributed by atoms with Gasteiger partial charge in [0, 0.05) is 16.8 Å². The monoisotopic (exact) mass is 439 g/mol. The van der Waals surface area contributed by atoms with E-state index in [9.17, 15) is 9.18 Å². The molecule has 2 heterocycles. The van der Waals surface area contributed by atoms with Gasteiger partial charge in [-0.1, -0.05) is 24.3 Å². The molecule has 5 rings (SSSR count). The third-order valence-electron chi connectivity index (χ3n) is 5.73. The topological polar surface area (TPSA) is 75.6 Å². The zero-order valence-electron chi connectivity index (χ0n) is 18.5. The average molecular weight is 439 g/mol. The zero-order valence-corrected chi connectivity index (χ0v) is 18.5. The molecule has 0 unspecified atom stereocenters. The van der Waals surface area contributed by atoms with Crippen LogP contribution >= 0.6 is 0 Å². The predicted molar refractivity (Wildman–Crippen MR) is 127 cm³/mol. The highest BCUT2D eigenvalue weighted by atomic mass is 19.1. The number of H-pyrrole nitrogens is 1. The molecule has 0 saturated carbocycles. The van der Waals surface area contributed by atoms with Crippen molar-refractivity contribution in [1.82, 2.24) is 19.7 Å². The Morgan fingerprint density at radius 2 is 1.88 bits per heavy atom. The van der Waals surface area contributed by atoms with E-state index in [1.165, 1.54) is 12.1 Å². The van der Waals surface area contributed by atoms with Gasteiger partial charge in [-0.25, -0.2) is 9.37 Å². The first-order valence-electron chi connectivity index (χ1n) is 10.6. The van der Waals surface area contributed by atoms with E-state index in [4.69, 9.17) is 0 Å². The van der Waals surface area contributed by atoms with Gasteiger partial charge in [0.1, 0.15) is 12.1 Å². The van der Waals surface area contributed by atoms with E-state index >= 15 is 0 Å². The number of carbonyl (C=O) groups is 1. The van der Waals surface area contributed by atoms with Crippen LogP contribution in [0.1, 0.15) is 27.2 Å². The van der Waals surface area contributed by atoms with Crippen LogP contribution < -0.4 is 5.32 Å². The zero-order chi connectivity index (χ0) is 23.1. The fourth-order valence-corrected chi connectivity index (χ4v) is 4.02. The van der Waals surface area contributed by atoms with Crippen molar-refractivity contribution in [2.45, 2.75) is 20.8 Å². The van der Waals surface area contributed by atoms with Crippen molar-refractivity contribution >= 4 is 22.8 Å². The van der Waals surface area contributed by atoms with Crippen LogP contribution in [0.4, 0.5) is 10.2 Å². The molecule has 0 spiro atoms. The van der Waals surface area contributed by atoms with E-state index in [1.807, 2.05) is 17.6 Å². The summed E-state index contributed by atoms with van der Waals surface area (Å²) in [7, 11) is 0. The lowest BCUT2D eigenvalue weighted by atomic mass is 10.1. The van der Waals surface area contributed by atoms with E-state index < -0.39 is 0 Å². The molecular formula is C26H22FN5O. The summed E-state index contributed by atoms with van der Waals surface area (Å²) in [6.07, 6.45) is 1.77. The number of aromatic amines is 1. The summed E-state index contributed by atoms with van der Waals surface area (Å²) in [6, 6.07) is 17.9. The van der Waals surface area contributed by atoms with E-state index in [1.54, 1.807) is 30.6 Å². The number of halogens is 1. The molecule has 1 amide bonds. The minimum atomic E-state index is -0.352. The van der Waals surface area contributed by atoms with E-state index in [0.717, 1.165) is 28.0 Å². The minimum Gasteiger partial charge on any atom is -0.305 e. The van der Waals surface area contributed by atoms with Crippen molar-refractivity contribution in [1.29, 1.82) is 0 Å². The van der Waals surface area contributed by atoms with Crippen LogP contribution in [0.3, 0.4) is 0 Å². The number of anilines is 1. The Morgan fingerprint density at radius 1 is 1.03 bits per heavy atom. The molecule has 0 saturated heterocycles. The standard InChI is InChI=1S/C26H22FN5O/c1-15-7-8-16(2)23(11-15)32-14-28-21-13-19(9-10-22(21)32)26(33)29-25-24(17(3)30-31-25)18-5-4-6-20(27)12-18/h4-14H,1-3H3,(H2,29,30,31,33). The van der Waals surface area contributed by atoms with Gasteiger partial charge in [0.25, 0.3) is 5.91 Å². The number of rotatable bonds is 4. The Morgan fingerprint density at radius 3 is 2.70 bits per heavy atom. The molecule has 3 aromatic carbocycles. The molecule has 5 aromatic rings. The Balaban J connectivity index is 1.47. The van der Waals surface area contributed by atoms with Crippen molar-refractivity contribution in [2.75, 3.05) is 5.32 Å². The molecule has 33 heavy (non-hydrogen) atoms. The normalized spacial score (nSPS) is 11.2. The number of nitrogens with one attached hydrogen (secondary N) is 2. The maximum absolute atomic E-state index is 13.7. The van der Waals surface area contributed by atoms with Crippen molar-refractivity contribution in [3.8, 4) is 16.8 Å². The smallest absolute Gasteiger partial charge is 0.256 e.